The van der Waals surface area contributed by atoms with Gasteiger partial charge in [0.25, 0.3) is 0 Å². The van der Waals surface area contributed by atoms with Gasteiger partial charge in [0.2, 0.25) is 0 Å². The molecule has 0 bridgehead atoms. The Kier molecular flexibility index (Phi) is 5.54. The molecule has 6 nitrogen and oxygen atoms in total. The molecule has 0 amide bonds. The number of hydrogen-bond donors (Lipinski definition) is 2. The van der Waals surface area contributed by atoms with Crippen LogP contribution in [0.4, 0.5) is 0 Å². The zero-order chi connectivity index (χ0) is 16.1. The van der Waals surface area contributed by atoms with Gasteiger partial charge < -0.3 is 15.2 Å². The van der Waals surface area contributed by atoms with Crippen LogP contribution in [0.5, 0.6) is 0 Å². The zero-order valence-corrected chi connectivity index (χ0v) is 14.6. The predicted octanol–water partition coefficient (Wildman–Crippen LogP) is 2.27. The Morgan fingerprint density at radius 3 is 2.50 bits per heavy atom. The molecule has 0 aliphatic heterocycles. The summed E-state index contributed by atoms with van der Waals surface area (Å²) in [5.41, 5.74) is 3.12. The number of aliphatic imine (C=N–C) groups is 1. The molecule has 22 heavy (non-hydrogen) atoms. The van der Waals surface area contributed by atoms with Crippen molar-refractivity contribution in [3.05, 3.63) is 32.6 Å². The normalized spacial score (nSPS) is 11.8. The lowest BCUT2D eigenvalue weighted by Crippen LogP contribution is -2.38. The van der Waals surface area contributed by atoms with Gasteiger partial charge in [0.05, 0.1) is 16.4 Å². The SMILES string of the molecule is CN=C(NCCc1sc(C)nc1C)NCc1c(C)noc1C. The summed E-state index contributed by atoms with van der Waals surface area (Å²) < 4.78 is 5.16. The molecule has 0 aromatic carbocycles. The van der Waals surface area contributed by atoms with Gasteiger partial charge in [-0.05, 0) is 27.7 Å². The first kappa shape index (κ1) is 16.5. The molecule has 0 saturated carbocycles. The van der Waals surface area contributed by atoms with Crippen molar-refractivity contribution in [2.75, 3.05) is 13.6 Å². The Balaban J connectivity index is 1.82. The van der Waals surface area contributed by atoms with E-state index in [2.05, 4.69) is 32.7 Å². The van der Waals surface area contributed by atoms with Crippen molar-refractivity contribution in [3.63, 3.8) is 0 Å². The highest BCUT2D eigenvalue weighted by atomic mass is 32.1. The highest BCUT2D eigenvalue weighted by Crippen LogP contribution is 2.17. The van der Waals surface area contributed by atoms with E-state index < -0.39 is 0 Å². The molecular weight excluding hydrogens is 298 g/mol. The molecule has 0 radical (unpaired) electrons. The molecule has 0 atom stereocenters. The monoisotopic (exact) mass is 321 g/mol. The summed E-state index contributed by atoms with van der Waals surface area (Å²) in [5, 5.41) is 11.7. The Bertz CT molecular complexity index is 639. The lowest BCUT2D eigenvalue weighted by atomic mass is 10.2. The number of hydrogen-bond acceptors (Lipinski definition) is 5. The molecule has 0 fully saturated rings. The summed E-state index contributed by atoms with van der Waals surface area (Å²) in [7, 11) is 1.77. The zero-order valence-electron chi connectivity index (χ0n) is 13.8. The summed E-state index contributed by atoms with van der Waals surface area (Å²) in [6, 6.07) is 0. The number of aryl methyl sites for hydroxylation is 4. The minimum Gasteiger partial charge on any atom is -0.361 e. The third-order valence-electron chi connectivity index (χ3n) is 3.48. The van der Waals surface area contributed by atoms with Crippen LogP contribution in [0, 0.1) is 27.7 Å². The smallest absolute Gasteiger partial charge is 0.191 e. The van der Waals surface area contributed by atoms with Crippen LogP contribution in [-0.4, -0.2) is 29.7 Å². The number of rotatable bonds is 5. The molecule has 0 saturated heterocycles. The standard InChI is InChI=1S/C15H23N5OS/c1-9-13(11(3)21-20-9)8-18-15(16-5)17-7-6-14-10(2)19-12(4)22-14/h6-8H2,1-5H3,(H2,16,17,18). The maximum Gasteiger partial charge on any atom is 0.191 e. The van der Waals surface area contributed by atoms with E-state index in [-0.39, 0.29) is 0 Å². The molecule has 2 rings (SSSR count). The van der Waals surface area contributed by atoms with Crippen LogP contribution in [0.2, 0.25) is 0 Å². The van der Waals surface area contributed by atoms with Crippen molar-refractivity contribution >= 4 is 17.3 Å². The Labute approximate surface area is 135 Å². The van der Waals surface area contributed by atoms with E-state index in [0.29, 0.717) is 6.54 Å². The second-order valence-electron chi connectivity index (χ2n) is 5.15. The van der Waals surface area contributed by atoms with Gasteiger partial charge in [-0.2, -0.15) is 0 Å². The Morgan fingerprint density at radius 2 is 1.95 bits per heavy atom. The van der Waals surface area contributed by atoms with Crippen molar-refractivity contribution in [3.8, 4) is 0 Å². The van der Waals surface area contributed by atoms with Gasteiger partial charge in [0.15, 0.2) is 5.96 Å². The highest BCUT2D eigenvalue weighted by Gasteiger charge is 2.09. The average molecular weight is 321 g/mol. The van der Waals surface area contributed by atoms with E-state index in [1.165, 1.54) is 4.88 Å². The molecule has 0 aliphatic rings. The van der Waals surface area contributed by atoms with E-state index in [1.54, 1.807) is 18.4 Å². The molecule has 7 heteroatoms. The van der Waals surface area contributed by atoms with Crippen molar-refractivity contribution in [1.82, 2.24) is 20.8 Å². The summed E-state index contributed by atoms with van der Waals surface area (Å²) in [6.07, 6.45) is 0.948. The first-order chi connectivity index (χ1) is 10.5. The molecular formula is C15H23N5OS. The number of aromatic nitrogens is 2. The minimum atomic E-state index is 0.652. The molecule has 0 aliphatic carbocycles. The van der Waals surface area contributed by atoms with Crippen LogP contribution in [0.15, 0.2) is 9.52 Å². The molecule has 0 unspecified atom stereocenters. The molecule has 2 heterocycles. The fourth-order valence-corrected chi connectivity index (χ4v) is 3.18. The second kappa shape index (κ2) is 7.40. The predicted molar refractivity (Wildman–Crippen MR) is 89.5 cm³/mol. The van der Waals surface area contributed by atoms with Crippen LogP contribution in [0.1, 0.15) is 32.6 Å². The van der Waals surface area contributed by atoms with Gasteiger partial charge in [0, 0.05) is 37.0 Å². The summed E-state index contributed by atoms with van der Waals surface area (Å²) >= 11 is 1.76. The minimum absolute atomic E-state index is 0.652. The van der Waals surface area contributed by atoms with Crippen molar-refractivity contribution in [1.29, 1.82) is 0 Å². The van der Waals surface area contributed by atoms with Gasteiger partial charge in [-0.1, -0.05) is 5.16 Å². The van der Waals surface area contributed by atoms with E-state index in [9.17, 15) is 0 Å². The van der Waals surface area contributed by atoms with Gasteiger partial charge in [-0.3, -0.25) is 4.99 Å². The van der Waals surface area contributed by atoms with Crippen LogP contribution < -0.4 is 10.6 Å². The second-order valence-corrected chi connectivity index (χ2v) is 6.43. The summed E-state index contributed by atoms with van der Waals surface area (Å²) in [5.74, 6) is 1.62. The molecule has 2 aromatic rings. The van der Waals surface area contributed by atoms with Crippen LogP contribution in [0.25, 0.3) is 0 Å². The van der Waals surface area contributed by atoms with Gasteiger partial charge >= 0.3 is 0 Å². The lowest BCUT2D eigenvalue weighted by Gasteiger charge is -2.11. The number of guanidine groups is 1. The third-order valence-corrected chi connectivity index (χ3v) is 4.61. The number of nitrogens with zero attached hydrogens (tertiary/aromatic N) is 3. The number of thiazole rings is 1. The highest BCUT2D eigenvalue weighted by molar-refractivity contribution is 7.11. The van der Waals surface area contributed by atoms with Gasteiger partial charge in [0.1, 0.15) is 5.76 Å². The van der Waals surface area contributed by atoms with Crippen molar-refractivity contribution in [2.45, 2.75) is 40.7 Å². The topological polar surface area (TPSA) is 75.3 Å². The third kappa shape index (κ3) is 4.07. The summed E-state index contributed by atoms with van der Waals surface area (Å²) in [4.78, 5) is 10.0. The van der Waals surface area contributed by atoms with Crippen molar-refractivity contribution < 1.29 is 4.52 Å². The maximum atomic E-state index is 5.16. The molecule has 2 N–H and O–H groups in total. The molecule has 2 aromatic heterocycles. The van der Waals surface area contributed by atoms with Crippen LogP contribution in [0.3, 0.4) is 0 Å². The van der Waals surface area contributed by atoms with Gasteiger partial charge in [-0.25, -0.2) is 4.98 Å². The van der Waals surface area contributed by atoms with Crippen molar-refractivity contribution in [2.24, 2.45) is 4.99 Å². The number of nitrogens with one attached hydrogen (secondary N) is 2. The van der Waals surface area contributed by atoms with Crippen LogP contribution >= 0.6 is 11.3 Å². The average Bonchev–Trinajstić information content (AvgIpc) is 2.97. The van der Waals surface area contributed by atoms with E-state index >= 15 is 0 Å². The molecule has 0 spiro atoms. The fourth-order valence-electron chi connectivity index (χ4n) is 2.25. The fraction of sp³-hybridized carbons (Fsp3) is 0.533. The summed E-state index contributed by atoms with van der Waals surface area (Å²) in [6.45, 7) is 9.44. The van der Waals surface area contributed by atoms with E-state index in [4.69, 9.17) is 4.52 Å². The maximum absolute atomic E-state index is 5.16. The van der Waals surface area contributed by atoms with Gasteiger partial charge in [-0.15, -0.1) is 11.3 Å². The Hall–Kier alpha value is -1.89. The molecule has 120 valence electrons. The Morgan fingerprint density at radius 1 is 1.18 bits per heavy atom. The quantitative estimate of drug-likeness (QED) is 0.653. The lowest BCUT2D eigenvalue weighted by molar-refractivity contribution is 0.392. The first-order valence-corrected chi connectivity index (χ1v) is 8.12. The first-order valence-electron chi connectivity index (χ1n) is 7.30. The van der Waals surface area contributed by atoms with E-state index in [0.717, 1.165) is 46.6 Å². The van der Waals surface area contributed by atoms with Crippen LogP contribution in [-0.2, 0) is 13.0 Å². The largest absolute Gasteiger partial charge is 0.361 e. The van der Waals surface area contributed by atoms with E-state index in [1.807, 2.05) is 20.8 Å².